The molecule has 13 heavy (non-hydrogen) atoms. The summed E-state index contributed by atoms with van der Waals surface area (Å²) in [7, 11) is 0. The largest absolute Gasteiger partial charge is 0.337 e. The molecule has 0 radical (unpaired) electrons. The topological polar surface area (TPSA) is 32.3 Å². The number of amides is 1. The molecule has 2 heterocycles. The van der Waals surface area contributed by atoms with E-state index in [1.54, 1.807) is 0 Å². The first kappa shape index (κ1) is 9.00. The SMILES string of the molecule is CC1(C)CCCN1C(=O)C1CNC1. The molecule has 2 fully saturated rings. The molecule has 1 amide bonds. The third-order valence-corrected chi connectivity index (χ3v) is 3.30. The summed E-state index contributed by atoms with van der Waals surface area (Å²) in [4.78, 5) is 14.0. The summed E-state index contributed by atoms with van der Waals surface area (Å²) in [6.07, 6.45) is 2.32. The lowest BCUT2D eigenvalue weighted by atomic mass is 9.97. The average Bonchev–Trinajstić information content (AvgIpc) is 2.25. The van der Waals surface area contributed by atoms with Gasteiger partial charge in [0.05, 0.1) is 5.92 Å². The number of rotatable bonds is 1. The van der Waals surface area contributed by atoms with Crippen LogP contribution in [0.2, 0.25) is 0 Å². The van der Waals surface area contributed by atoms with Gasteiger partial charge in [0.25, 0.3) is 0 Å². The highest BCUT2D eigenvalue weighted by Crippen LogP contribution is 2.30. The number of hydrogen-bond acceptors (Lipinski definition) is 2. The first-order chi connectivity index (χ1) is 6.11. The molecule has 0 unspecified atom stereocenters. The van der Waals surface area contributed by atoms with Crippen molar-refractivity contribution in [2.24, 2.45) is 5.92 Å². The van der Waals surface area contributed by atoms with Crippen LogP contribution in [-0.4, -0.2) is 36.0 Å². The molecular formula is C10H18N2O. The number of carbonyl (C=O) groups is 1. The van der Waals surface area contributed by atoms with Gasteiger partial charge in [-0.2, -0.15) is 0 Å². The van der Waals surface area contributed by atoms with E-state index in [0.717, 1.165) is 26.1 Å². The van der Waals surface area contributed by atoms with Crippen LogP contribution in [0.5, 0.6) is 0 Å². The Balaban J connectivity index is 2.02. The molecule has 0 aromatic heterocycles. The number of carbonyl (C=O) groups excluding carboxylic acids is 1. The summed E-state index contributed by atoms with van der Waals surface area (Å²) >= 11 is 0. The minimum Gasteiger partial charge on any atom is -0.337 e. The minimum atomic E-state index is 0.104. The lowest BCUT2D eigenvalue weighted by Crippen LogP contribution is -2.55. The summed E-state index contributed by atoms with van der Waals surface area (Å²) in [5.41, 5.74) is 0.104. The van der Waals surface area contributed by atoms with Crippen molar-refractivity contribution in [1.82, 2.24) is 10.2 Å². The van der Waals surface area contributed by atoms with Gasteiger partial charge in [-0.05, 0) is 26.7 Å². The van der Waals surface area contributed by atoms with Crippen LogP contribution in [0.1, 0.15) is 26.7 Å². The van der Waals surface area contributed by atoms with Crippen LogP contribution in [0, 0.1) is 5.92 Å². The lowest BCUT2D eigenvalue weighted by Gasteiger charge is -2.37. The molecule has 3 nitrogen and oxygen atoms in total. The summed E-state index contributed by atoms with van der Waals surface area (Å²) < 4.78 is 0. The monoisotopic (exact) mass is 182 g/mol. The van der Waals surface area contributed by atoms with Crippen molar-refractivity contribution in [3.63, 3.8) is 0 Å². The predicted octanol–water partition coefficient (Wildman–Crippen LogP) is 0.607. The minimum absolute atomic E-state index is 0.104. The van der Waals surface area contributed by atoms with Crippen molar-refractivity contribution in [2.45, 2.75) is 32.2 Å². The number of hydrogen-bond donors (Lipinski definition) is 1. The molecule has 0 aliphatic carbocycles. The summed E-state index contributed by atoms with van der Waals surface area (Å²) in [5.74, 6) is 0.624. The van der Waals surface area contributed by atoms with E-state index in [-0.39, 0.29) is 11.5 Å². The summed E-state index contributed by atoms with van der Waals surface area (Å²) in [6.45, 7) is 7.06. The maximum Gasteiger partial charge on any atom is 0.228 e. The number of likely N-dealkylation sites (tertiary alicyclic amines) is 1. The highest BCUT2D eigenvalue weighted by atomic mass is 16.2. The Morgan fingerprint density at radius 1 is 1.46 bits per heavy atom. The van der Waals surface area contributed by atoms with Crippen LogP contribution >= 0.6 is 0 Å². The third kappa shape index (κ3) is 1.46. The standard InChI is InChI=1S/C10H18N2O/c1-10(2)4-3-5-12(10)9(13)8-6-11-7-8/h8,11H,3-7H2,1-2H3. The molecular weight excluding hydrogens is 164 g/mol. The van der Waals surface area contributed by atoms with E-state index in [4.69, 9.17) is 0 Å². The molecule has 74 valence electrons. The average molecular weight is 182 g/mol. The van der Waals surface area contributed by atoms with Crippen molar-refractivity contribution >= 4 is 5.91 Å². The maximum atomic E-state index is 11.9. The molecule has 0 aromatic carbocycles. The predicted molar refractivity (Wildman–Crippen MR) is 51.4 cm³/mol. The normalized spacial score (nSPS) is 27.4. The smallest absolute Gasteiger partial charge is 0.228 e. The molecule has 2 rings (SSSR count). The van der Waals surface area contributed by atoms with E-state index in [0.29, 0.717) is 5.91 Å². The van der Waals surface area contributed by atoms with Gasteiger partial charge in [0.1, 0.15) is 0 Å². The highest BCUT2D eigenvalue weighted by Gasteiger charge is 2.39. The van der Waals surface area contributed by atoms with Crippen molar-refractivity contribution in [1.29, 1.82) is 0 Å². The Kier molecular flexibility index (Phi) is 2.06. The Morgan fingerprint density at radius 2 is 2.15 bits per heavy atom. The van der Waals surface area contributed by atoms with E-state index >= 15 is 0 Å². The second-order valence-electron chi connectivity index (χ2n) is 4.76. The molecule has 0 aromatic rings. The van der Waals surface area contributed by atoms with Gasteiger partial charge in [-0.1, -0.05) is 0 Å². The summed E-state index contributed by atoms with van der Waals surface area (Å²) in [6, 6.07) is 0. The van der Waals surface area contributed by atoms with Crippen LogP contribution < -0.4 is 5.32 Å². The Labute approximate surface area is 79.5 Å². The number of nitrogens with zero attached hydrogens (tertiary/aromatic N) is 1. The summed E-state index contributed by atoms with van der Waals surface area (Å²) in [5, 5.41) is 3.15. The Bertz CT molecular complexity index is 221. The van der Waals surface area contributed by atoms with Gasteiger partial charge in [0.2, 0.25) is 5.91 Å². The fraction of sp³-hybridized carbons (Fsp3) is 0.900. The second-order valence-corrected chi connectivity index (χ2v) is 4.76. The molecule has 2 aliphatic heterocycles. The molecule has 1 N–H and O–H groups in total. The first-order valence-electron chi connectivity index (χ1n) is 5.13. The van der Waals surface area contributed by atoms with Crippen molar-refractivity contribution < 1.29 is 4.79 Å². The van der Waals surface area contributed by atoms with E-state index in [1.807, 2.05) is 0 Å². The van der Waals surface area contributed by atoms with Gasteiger partial charge in [-0.15, -0.1) is 0 Å². The zero-order valence-electron chi connectivity index (χ0n) is 8.47. The van der Waals surface area contributed by atoms with Gasteiger partial charge >= 0.3 is 0 Å². The Morgan fingerprint density at radius 3 is 2.54 bits per heavy atom. The van der Waals surface area contributed by atoms with Crippen molar-refractivity contribution in [2.75, 3.05) is 19.6 Å². The molecule has 2 aliphatic rings. The van der Waals surface area contributed by atoms with Crippen molar-refractivity contribution in [3.8, 4) is 0 Å². The van der Waals surface area contributed by atoms with E-state index in [2.05, 4.69) is 24.1 Å². The van der Waals surface area contributed by atoms with Crippen LogP contribution in [0.25, 0.3) is 0 Å². The molecule has 0 saturated carbocycles. The van der Waals surface area contributed by atoms with E-state index in [9.17, 15) is 4.79 Å². The van der Waals surface area contributed by atoms with Crippen LogP contribution in [0.15, 0.2) is 0 Å². The fourth-order valence-corrected chi connectivity index (χ4v) is 2.20. The van der Waals surface area contributed by atoms with E-state index in [1.165, 1.54) is 6.42 Å². The number of nitrogens with one attached hydrogen (secondary N) is 1. The first-order valence-corrected chi connectivity index (χ1v) is 5.13. The van der Waals surface area contributed by atoms with Gasteiger partial charge in [0, 0.05) is 25.2 Å². The zero-order valence-corrected chi connectivity index (χ0v) is 8.47. The Hall–Kier alpha value is -0.570. The van der Waals surface area contributed by atoms with E-state index < -0.39 is 0 Å². The quantitative estimate of drug-likeness (QED) is 0.644. The third-order valence-electron chi connectivity index (χ3n) is 3.30. The fourth-order valence-electron chi connectivity index (χ4n) is 2.20. The van der Waals surface area contributed by atoms with Crippen LogP contribution in [0.3, 0.4) is 0 Å². The lowest BCUT2D eigenvalue weighted by molar-refractivity contribution is -0.140. The molecule has 0 bridgehead atoms. The van der Waals surface area contributed by atoms with Gasteiger partial charge < -0.3 is 10.2 Å². The molecule has 0 atom stereocenters. The van der Waals surface area contributed by atoms with Crippen LogP contribution in [-0.2, 0) is 4.79 Å². The zero-order chi connectivity index (χ0) is 9.47. The molecule has 2 saturated heterocycles. The molecule has 3 heteroatoms. The van der Waals surface area contributed by atoms with Crippen LogP contribution in [0.4, 0.5) is 0 Å². The van der Waals surface area contributed by atoms with Gasteiger partial charge in [-0.25, -0.2) is 0 Å². The maximum absolute atomic E-state index is 11.9. The molecule has 0 spiro atoms. The highest BCUT2D eigenvalue weighted by molar-refractivity contribution is 5.81. The van der Waals surface area contributed by atoms with Gasteiger partial charge in [0.15, 0.2) is 0 Å². The van der Waals surface area contributed by atoms with Gasteiger partial charge in [-0.3, -0.25) is 4.79 Å². The van der Waals surface area contributed by atoms with Crippen molar-refractivity contribution in [3.05, 3.63) is 0 Å². The second kappa shape index (κ2) is 2.98.